The zero-order valence-electron chi connectivity index (χ0n) is 34.0. The lowest BCUT2D eigenvalue weighted by Crippen LogP contribution is -2.65. The van der Waals surface area contributed by atoms with Crippen molar-refractivity contribution in [3.63, 3.8) is 0 Å². The molecule has 0 aromatic heterocycles. The van der Waals surface area contributed by atoms with Gasteiger partial charge in [-0.25, -0.2) is 0 Å². The summed E-state index contributed by atoms with van der Waals surface area (Å²) < 4.78 is 45.7. The van der Waals surface area contributed by atoms with Gasteiger partial charge in [-0.05, 0) is 55.4 Å². The predicted octanol–water partition coefficient (Wildman–Crippen LogP) is -6.03. The Morgan fingerprint density at radius 2 is 1.03 bits per heavy atom. The second-order valence-corrected chi connectivity index (χ2v) is 17.4. The third kappa shape index (κ3) is 10.1. The van der Waals surface area contributed by atoms with Crippen LogP contribution in [0.25, 0.3) is 0 Å². The average molecular weight is 885 g/mol. The predicted molar refractivity (Wildman–Crippen MR) is 200 cm³/mol. The second kappa shape index (κ2) is 20.4. The smallest absolute Gasteiger partial charge is 0.187 e. The number of aliphatic hydroxyl groups excluding tert-OH is 14. The van der Waals surface area contributed by atoms with Gasteiger partial charge < -0.3 is 109 Å². The molecule has 24 unspecified atom stereocenters. The Balaban J connectivity index is 1.02. The molecule has 4 aliphatic heterocycles. The summed E-state index contributed by atoms with van der Waals surface area (Å²) in [5.74, 6) is 0.0506. The molecule has 61 heavy (non-hydrogen) atoms. The van der Waals surface area contributed by atoms with E-state index in [0.29, 0.717) is 24.8 Å². The minimum Gasteiger partial charge on any atom is -0.394 e. The molecule has 5 fully saturated rings. The Labute approximate surface area is 351 Å². The van der Waals surface area contributed by atoms with Crippen molar-refractivity contribution in [2.45, 2.75) is 168 Å². The van der Waals surface area contributed by atoms with Gasteiger partial charge in [-0.1, -0.05) is 25.2 Å². The zero-order chi connectivity index (χ0) is 44.7. The van der Waals surface area contributed by atoms with Crippen LogP contribution in [0.1, 0.15) is 39.5 Å². The van der Waals surface area contributed by atoms with Crippen molar-refractivity contribution < 1.29 is 109 Å². The first-order valence-electron chi connectivity index (χ1n) is 20.7. The van der Waals surface area contributed by atoms with Gasteiger partial charge in [0.15, 0.2) is 25.2 Å². The van der Waals surface area contributed by atoms with E-state index in [1.807, 2.05) is 13.0 Å². The van der Waals surface area contributed by atoms with Crippen LogP contribution in [0.4, 0.5) is 0 Å². The fourth-order valence-electron chi connectivity index (χ4n) is 9.57. The Bertz CT molecular complexity index is 1470. The number of allylic oxidation sites excluding steroid dienone is 1. The molecule has 0 bridgehead atoms. The van der Waals surface area contributed by atoms with Gasteiger partial charge in [0.25, 0.3) is 0 Å². The van der Waals surface area contributed by atoms with Crippen LogP contribution in [0.2, 0.25) is 0 Å². The van der Waals surface area contributed by atoms with E-state index in [4.69, 9.17) is 37.9 Å². The van der Waals surface area contributed by atoms with Crippen LogP contribution in [-0.4, -0.2) is 233 Å². The molecule has 6 aliphatic rings. The summed E-state index contributed by atoms with van der Waals surface area (Å²) >= 11 is 0. The van der Waals surface area contributed by atoms with Crippen molar-refractivity contribution in [3.05, 3.63) is 23.8 Å². The van der Waals surface area contributed by atoms with Crippen LogP contribution in [0.5, 0.6) is 0 Å². The lowest BCUT2D eigenvalue weighted by molar-refractivity contribution is -0.362. The first kappa shape index (κ1) is 49.0. The summed E-state index contributed by atoms with van der Waals surface area (Å²) in [6.45, 7) is 5.41. The highest BCUT2D eigenvalue weighted by Gasteiger charge is 2.54. The van der Waals surface area contributed by atoms with Crippen molar-refractivity contribution >= 4 is 0 Å². The monoisotopic (exact) mass is 884 g/mol. The van der Waals surface area contributed by atoms with Crippen molar-refractivity contribution in [1.82, 2.24) is 0 Å². The first-order valence-corrected chi connectivity index (χ1v) is 20.7. The Hall–Kier alpha value is -1.40. The first-order chi connectivity index (χ1) is 28.9. The molecule has 0 amide bonds. The van der Waals surface area contributed by atoms with Gasteiger partial charge in [-0.2, -0.15) is 0 Å². The fraction of sp³-hybridized carbons (Fsp3) is 0.897. The number of hydrogen-bond donors (Lipinski definition) is 14. The molecule has 22 heteroatoms. The molecule has 24 atom stereocenters. The molecule has 4 saturated heterocycles. The highest BCUT2D eigenvalue weighted by Crippen LogP contribution is 2.54. The van der Waals surface area contributed by atoms with Crippen LogP contribution in [0, 0.1) is 17.3 Å². The van der Waals surface area contributed by atoms with Gasteiger partial charge in [0.2, 0.25) is 0 Å². The van der Waals surface area contributed by atoms with E-state index < -0.39 is 155 Å². The standard InChI is InChI=1S/C39H64O22/c1-14-6-17(55-36-32(53)28(49)34(22(12-43)59-36)61-38-30(51)26(47)24(45)20(10-41)57-38)8-39(3)5-4-16(7-18(14)39)15(2)13-54-35-31(52)27(48)33(21(11-42)58-35)60-37-29(50)25(46)23(44)19(9-40)56-37/h6,16-38,40-53H,2,4-5,7-13H2,1,3H3. The van der Waals surface area contributed by atoms with Gasteiger partial charge in [0.1, 0.15) is 97.7 Å². The molecule has 4 heterocycles. The summed E-state index contributed by atoms with van der Waals surface area (Å²) in [5.41, 5.74) is 1.42. The maximum Gasteiger partial charge on any atom is 0.187 e. The molecule has 0 aromatic rings. The highest BCUT2D eigenvalue weighted by atomic mass is 16.8. The van der Waals surface area contributed by atoms with E-state index in [0.717, 1.165) is 12.0 Å². The minimum atomic E-state index is -1.79. The lowest BCUT2D eigenvalue weighted by atomic mass is 9.57. The van der Waals surface area contributed by atoms with E-state index >= 15 is 0 Å². The maximum absolute atomic E-state index is 11.1. The van der Waals surface area contributed by atoms with Crippen LogP contribution in [0.3, 0.4) is 0 Å². The molecule has 352 valence electrons. The molecule has 0 radical (unpaired) electrons. The topological polar surface area (TPSA) is 357 Å². The quantitative estimate of drug-likeness (QED) is 0.0722. The van der Waals surface area contributed by atoms with Crippen molar-refractivity contribution in [2.24, 2.45) is 17.3 Å². The van der Waals surface area contributed by atoms with Crippen LogP contribution >= 0.6 is 0 Å². The number of fused-ring (bicyclic) bond motifs is 1. The minimum absolute atomic E-state index is 0.0231. The number of hydrogen-bond acceptors (Lipinski definition) is 22. The molecule has 2 aliphatic carbocycles. The molecule has 6 rings (SSSR count). The Morgan fingerprint density at radius 3 is 1.52 bits per heavy atom. The van der Waals surface area contributed by atoms with E-state index in [1.54, 1.807) is 0 Å². The summed E-state index contributed by atoms with van der Waals surface area (Å²) in [4.78, 5) is 0. The Morgan fingerprint density at radius 1 is 0.607 bits per heavy atom. The van der Waals surface area contributed by atoms with E-state index in [9.17, 15) is 71.5 Å². The van der Waals surface area contributed by atoms with Gasteiger partial charge in [0, 0.05) is 0 Å². The molecular formula is C39H64O22. The Kier molecular flexibility index (Phi) is 16.4. The molecule has 14 N–H and O–H groups in total. The third-order valence-corrected chi connectivity index (χ3v) is 13.3. The fourth-order valence-corrected chi connectivity index (χ4v) is 9.57. The molecule has 0 spiro atoms. The summed E-state index contributed by atoms with van der Waals surface area (Å²) in [7, 11) is 0. The van der Waals surface area contributed by atoms with Crippen molar-refractivity contribution in [1.29, 1.82) is 0 Å². The maximum atomic E-state index is 11.1. The largest absolute Gasteiger partial charge is 0.394 e. The normalized spacial score (nSPS) is 50.8. The average Bonchev–Trinajstić information content (AvgIpc) is 3.24. The van der Waals surface area contributed by atoms with Crippen molar-refractivity contribution in [2.75, 3.05) is 33.0 Å². The van der Waals surface area contributed by atoms with E-state index in [1.165, 1.54) is 0 Å². The van der Waals surface area contributed by atoms with Crippen LogP contribution < -0.4 is 0 Å². The summed E-state index contributed by atoms with van der Waals surface area (Å²) in [6.07, 6.45) is -27.5. The van der Waals surface area contributed by atoms with E-state index in [2.05, 4.69) is 13.5 Å². The molecule has 22 nitrogen and oxygen atoms in total. The highest BCUT2D eigenvalue weighted by molar-refractivity contribution is 5.20. The second-order valence-electron chi connectivity index (χ2n) is 17.4. The molecule has 1 saturated carbocycles. The van der Waals surface area contributed by atoms with Crippen molar-refractivity contribution in [3.8, 4) is 0 Å². The SMILES string of the molecule is C=C(COC1OC(CO)C(OC2OC(CO)C(O)C(O)C2O)C(O)C1O)C1CCC2(C)CC(OC3OC(CO)C(OC4OC(CO)C(O)C(O)C4O)C(O)C3O)C=C(C)C2C1. The molecule has 0 aromatic carbocycles. The number of rotatable bonds is 14. The third-order valence-electron chi connectivity index (χ3n) is 13.3. The van der Waals surface area contributed by atoms with Gasteiger partial charge in [0.05, 0.1) is 39.1 Å². The van der Waals surface area contributed by atoms with Gasteiger partial charge in [-0.15, -0.1) is 0 Å². The zero-order valence-corrected chi connectivity index (χ0v) is 34.0. The summed E-state index contributed by atoms with van der Waals surface area (Å²) in [6, 6.07) is 0. The molecular weight excluding hydrogens is 820 g/mol. The van der Waals surface area contributed by atoms with Crippen LogP contribution in [-0.2, 0) is 37.9 Å². The number of ether oxygens (including phenoxy) is 8. The lowest BCUT2D eigenvalue weighted by Gasteiger charge is -2.51. The number of aliphatic hydroxyl groups is 14. The van der Waals surface area contributed by atoms with Gasteiger partial charge in [-0.3, -0.25) is 0 Å². The van der Waals surface area contributed by atoms with Crippen LogP contribution in [0.15, 0.2) is 23.8 Å². The van der Waals surface area contributed by atoms with E-state index in [-0.39, 0.29) is 23.9 Å². The van der Waals surface area contributed by atoms with Gasteiger partial charge >= 0.3 is 0 Å². The summed E-state index contributed by atoms with van der Waals surface area (Å²) in [5, 5.41) is 145.